The number of hydrogen-bond acceptors (Lipinski definition) is 1. The van der Waals surface area contributed by atoms with Gasteiger partial charge >= 0.3 is 0 Å². The van der Waals surface area contributed by atoms with Crippen LogP contribution in [0.2, 0.25) is 0 Å². The van der Waals surface area contributed by atoms with E-state index in [1.807, 2.05) is 18.2 Å². The molecule has 0 atom stereocenters. The second-order valence-electron chi connectivity index (χ2n) is 4.71. The van der Waals surface area contributed by atoms with Crippen molar-refractivity contribution in [1.29, 1.82) is 0 Å². The lowest BCUT2D eigenvalue weighted by atomic mass is 10.1. The Balaban J connectivity index is 0.00000196. The first kappa shape index (κ1) is 14.6. The van der Waals surface area contributed by atoms with E-state index in [0.29, 0.717) is 0 Å². The SMILES string of the molecule is CC(=O)c1cccc(C[N+](C)(C)C)c1.[I-]. The van der Waals surface area contributed by atoms with Crippen molar-refractivity contribution in [2.45, 2.75) is 13.5 Å². The van der Waals surface area contributed by atoms with Gasteiger partial charge in [0.15, 0.2) is 5.78 Å². The highest BCUT2D eigenvalue weighted by Gasteiger charge is 2.09. The number of Topliss-reactive ketones (excluding diaryl/α,β-unsaturated/α-hetero) is 1. The zero-order chi connectivity index (χ0) is 10.8. The van der Waals surface area contributed by atoms with Crippen molar-refractivity contribution < 1.29 is 33.3 Å². The van der Waals surface area contributed by atoms with Gasteiger partial charge in [-0.15, -0.1) is 0 Å². The maximum absolute atomic E-state index is 11.2. The number of carbonyl (C=O) groups is 1. The zero-order valence-corrected chi connectivity index (χ0v) is 11.9. The van der Waals surface area contributed by atoms with Crippen LogP contribution < -0.4 is 24.0 Å². The van der Waals surface area contributed by atoms with Crippen LogP contribution >= 0.6 is 0 Å². The van der Waals surface area contributed by atoms with Gasteiger partial charge in [-0.25, -0.2) is 0 Å². The fourth-order valence-corrected chi connectivity index (χ4v) is 1.44. The standard InChI is InChI=1S/C12H18NO.HI/c1-10(14)12-7-5-6-11(8-12)9-13(2,3)4;/h5-8H,9H2,1-4H3;1H/q+1;/p-1. The van der Waals surface area contributed by atoms with Gasteiger partial charge in [-0.2, -0.15) is 0 Å². The van der Waals surface area contributed by atoms with Crippen LogP contribution in [0.5, 0.6) is 0 Å². The summed E-state index contributed by atoms with van der Waals surface area (Å²) in [5, 5.41) is 0. The summed E-state index contributed by atoms with van der Waals surface area (Å²) in [5.41, 5.74) is 2.01. The summed E-state index contributed by atoms with van der Waals surface area (Å²) < 4.78 is 0.876. The molecular formula is C12H18INO. The first-order valence-corrected chi connectivity index (χ1v) is 4.79. The van der Waals surface area contributed by atoms with E-state index in [4.69, 9.17) is 0 Å². The average molecular weight is 319 g/mol. The molecule has 0 N–H and O–H groups in total. The highest BCUT2D eigenvalue weighted by molar-refractivity contribution is 5.94. The number of quaternary nitrogens is 1. The molecule has 0 bridgehead atoms. The highest BCUT2D eigenvalue weighted by atomic mass is 127. The quantitative estimate of drug-likeness (QED) is 0.401. The van der Waals surface area contributed by atoms with Crippen LogP contribution in [0.25, 0.3) is 0 Å². The van der Waals surface area contributed by atoms with Gasteiger partial charge in [0, 0.05) is 11.1 Å². The Hall–Kier alpha value is -0.420. The first-order chi connectivity index (χ1) is 6.38. The third kappa shape index (κ3) is 5.28. The summed E-state index contributed by atoms with van der Waals surface area (Å²) in [6, 6.07) is 7.85. The Labute approximate surface area is 109 Å². The number of halogens is 1. The molecule has 0 spiro atoms. The molecule has 0 aliphatic rings. The van der Waals surface area contributed by atoms with Crippen LogP contribution in [0.3, 0.4) is 0 Å². The maximum Gasteiger partial charge on any atom is 0.159 e. The predicted molar refractivity (Wildman–Crippen MR) is 58.2 cm³/mol. The van der Waals surface area contributed by atoms with Gasteiger partial charge in [-0.05, 0) is 13.0 Å². The Morgan fingerprint density at radius 1 is 1.27 bits per heavy atom. The van der Waals surface area contributed by atoms with Crippen LogP contribution in [0, 0.1) is 0 Å². The van der Waals surface area contributed by atoms with Crippen molar-refractivity contribution in [2.24, 2.45) is 0 Å². The van der Waals surface area contributed by atoms with E-state index >= 15 is 0 Å². The molecule has 0 heterocycles. The first-order valence-electron chi connectivity index (χ1n) is 4.79. The van der Waals surface area contributed by atoms with Gasteiger partial charge in [-0.3, -0.25) is 4.79 Å². The molecular weight excluding hydrogens is 301 g/mol. The Kier molecular flexibility index (Phi) is 5.45. The van der Waals surface area contributed by atoms with Gasteiger partial charge in [-0.1, -0.05) is 18.2 Å². The van der Waals surface area contributed by atoms with Crippen molar-refractivity contribution in [1.82, 2.24) is 0 Å². The number of rotatable bonds is 3. The molecule has 0 aliphatic heterocycles. The van der Waals surface area contributed by atoms with Crippen LogP contribution in [0.1, 0.15) is 22.8 Å². The highest BCUT2D eigenvalue weighted by Crippen LogP contribution is 2.10. The zero-order valence-electron chi connectivity index (χ0n) is 9.75. The van der Waals surface area contributed by atoms with Crippen LogP contribution in [-0.2, 0) is 6.54 Å². The van der Waals surface area contributed by atoms with Crippen molar-refractivity contribution in [2.75, 3.05) is 21.1 Å². The normalized spacial score (nSPS) is 10.7. The Morgan fingerprint density at radius 3 is 2.33 bits per heavy atom. The fraction of sp³-hybridized carbons (Fsp3) is 0.417. The lowest BCUT2D eigenvalue weighted by molar-refractivity contribution is -0.884. The number of benzene rings is 1. The van der Waals surface area contributed by atoms with Crippen molar-refractivity contribution in [3.05, 3.63) is 35.4 Å². The van der Waals surface area contributed by atoms with Gasteiger partial charge in [0.25, 0.3) is 0 Å². The molecule has 0 fully saturated rings. The monoisotopic (exact) mass is 319 g/mol. The molecule has 3 heteroatoms. The second-order valence-corrected chi connectivity index (χ2v) is 4.71. The summed E-state index contributed by atoms with van der Waals surface area (Å²) in [4.78, 5) is 11.2. The summed E-state index contributed by atoms with van der Waals surface area (Å²) in [7, 11) is 6.42. The van der Waals surface area contributed by atoms with E-state index in [2.05, 4.69) is 27.2 Å². The lowest BCUT2D eigenvalue weighted by Crippen LogP contribution is -3.00. The van der Waals surface area contributed by atoms with Crippen LogP contribution in [0.15, 0.2) is 24.3 Å². The molecule has 0 saturated carbocycles. The molecule has 0 saturated heterocycles. The molecule has 0 radical (unpaired) electrons. The number of carbonyl (C=O) groups excluding carboxylic acids is 1. The molecule has 0 unspecified atom stereocenters. The molecule has 2 nitrogen and oxygen atoms in total. The predicted octanol–water partition coefficient (Wildman–Crippen LogP) is -0.901. The minimum atomic E-state index is 0. The summed E-state index contributed by atoms with van der Waals surface area (Å²) >= 11 is 0. The topological polar surface area (TPSA) is 17.1 Å². The van der Waals surface area contributed by atoms with Crippen LogP contribution in [0.4, 0.5) is 0 Å². The van der Waals surface area contributed by atoms with E-state index < -0.39 is 0 Å². The van der Waals surface area contributed by atoms with E-state index in [9.17, 15) is 4.79 Å². The summed E-state index contributed by atoms with van der Waals surface area (Å²) in [6.07, 6.45) is 0. The maximum atomic E-state index is 11.2. The minimum Gasteiger partial charge on any atom is -1.00 e. The van der Waals surface area contributed by atoms with Crippen LogP contribution in [-0.4, -0.2) is 31.4 Å². The molecule has 1 aromatic rings. The molecule has 0 aliphatic carbocycles. The smallest absolute Gasteiger partial charge is 0.159 e. The Bertz CT molecular complexity index is 342. The van der Waals surface area contributed by atoms with Gasteiger partial charge in [0.05, 0.1) is 21.1 Å². The average Bonchev–Trinajstić information content (AvgIpc) is 2.01. The number of hydrogen-bond donors (Lipinski definition) is 0. The molecule has 0 amide bonds. The third-order valence-electron chi connectivity index (χ3n) is 1.99. The van der Waals surface area contributed by atoms with E-state index in [0.717, 1.165) is 16.6 Å². The van der Waals surface area contributed by atoms with Crippen molar-refractivity contribution in [3.63, 3.8) is 0 Å². The Morgan fingerprint density at radius 2 is 1.87 bits per heavy atom. The number of nitrogens with zero attached hydrogens (tertiary/aromatic N) is 1. The fourth-order valence-electron chi connectivity index (χ4n) is 1.44. The van der Waals surface area contributed by atoms with Crippen molar-refractivity contribution >= 4 is 5.78 Å². The lowest BCUT2D eigenvalue weighted by Gasteiger charge is -2.23. The van der Waals surface area contributed by atoms with E-state index in [1.54, 1.807) is 6.92 Å². The molecule has 0 aromatic heterocycles. The van der Waals surface area contributed by atoms with E-state index in [1.165, 1.54) is 5.56 Å². The molecule has 84 valence electrons. The third-order valence-corrected chi connectivity index (χ3v) is 1.99. The van der Waals surface area contributed by atoms with Gasteiger partial charge in [0.2, 0.25) is 0 Å². The summed E-state index contributed by atoms with van der Waals surface area (Å²) in [6.45, 7) is 2.55. The van der Waals surface area contributed by atoms with Gasteiger partial charge < -0.3 is 28.5 Å². The number of ketones is 1. The molecule has 15 heavy (non-hydrogen) atoms. The van der Waals surface area contributed by atoms with Crippen molar-refractivity contribution in [3.8, 4) is 0 Å². The minimum absolute atomic E-state index is 0. The molecule has 1 aromatic carbocycles. The van der Waals surface area contributed by atoms with Gasteiger partial charge in [0.1, 0.15) is 6.54 Å². The largest absolute Gasteiger partial charge is 1.00 e. The molecule has 1 rings (SSSR count). The summed E-state index contributed by atoms with van der Waals surface area (Å²) in [5.74, 6) is 0.133. The second kappa shape index (κ2) is 5.61. The van der Waals surface area contributed by atoms with E-state index in [-0.39, 0.29) is 29.8 Å².